The van der Waals surface area contributed by atoms with Crippen molar-refractivity contribution >= 4 is 0 Å². The fourth-order valence-corrected chi connectivity index (χ4v) is 2.47. The molecule has 2 aromatic rings. The van der Waals surface area contributed by atoms with E-state index in [0.29, 0.717) is 0 Å². The quantitative estimate of drug-likeness (QED) is 0.895. The summed E-state index contributed by atoms with van der Waals surface area (Å²) in [6.07, 6.45) is 8.76. The second kappa shape index (κ2) is 3.45. The van der Waals surface area contributed by atoms with E-state index in [4.69, 9.17) is 5.73 Å². The van der Waals surface area contributed by atoms with E-state index in [1.165, 1.54) is 24.1 Å². The Morgan fingerprint density at radius 3 is 2.83 bits per heavy atom. The van der Waals surface area contributed by atoms with E-state index in [0.717, 1.165) is 24.5 Å². The van der Waals surface area contributed by atoms with E-state index >= 15 is 0 Å². The van der Waals surface area contributed by atoms with Crippen LogP contribution in [0.4, 0.5) is 0 Å². The number of nitrogens with two attached hydrogens (primary N) is 1. The van der Waals surface area contributed by atoms with Gasteiger partial charge in [-0.15, -0.1) is 0 Å². The molecule has 2 saturated carbocycles. The maximum atomic E-state index is 6.17. The van der Waals surface area contributed by atoms with Crippen LogP contribution in [0.15, 0.2) is 36.8 Å². The molecule has 1 aromatic heterocycles. The van der Waals surface area contributed by atoms with E-state index in [2.05, 4.69) is 40.0 Å². The topological polar surface area (TPSA) is 43.8 Å². The molecule has 0 atom stereocenters. The highest BCUT2D eigenvalue weighted by Crippen LogP contribution is 2.42. The fraction of sp³-hybridized carbons (Fsp3) is 0.400. The molecular formula is C15H17N3. The summed E-state index contributed by atoms with van der Waals surface area (Å²) in [7, 11) is 0. The number of hydrogen-bond acceptors (Lipinski definition) is 2. The highest BCUT2D eigenvalue weighted by Gasteiger charge is 2.42. The summed E-state index contributed by atoms with van der Waals surface area (Å²) in [6, 6.07) is 8.77. The molecule has 2 fully saturated rings. The van der Waals surface area contributed by atoms with E-state index in [-0.39, 0.29) is 5.54 Å². The Hall–Kier alpha value is -1.61. The first kappa shape index (κ1) is 10.3. The van der Waals surface area contributed by atoms with Crippen molar-refractivity contribution in [3.63, 3.8) is 0 Å². The molecule has 2 aliphatic rings. The van der Waals surface area contributed by atoms with Gasteiger partial charge in [0.05, 0.1) is 17.6 Å². The number of hydrogen-bond donors (Lipinski definition) is 1. The molecule has 1 heterocycles. The molecule has 2 N–H and O–H groups in total. The number of benzene rings is 1. The van der Waals surface area contributed by atoms with Gasteiger partial charge in [-0.25, -0.2) is 4.98 Å². The van der Waals surface area contributed by atoms with Gasteiger partial charge in [0.25, 0.3) is 0 Å². The third-order valence-electron chi connectivity index (χ3n) is 4.10. The third-order valence-corrected chi connectivity index (χ3v) is 4.10. The zero-order valence-electron chi connectivity index (χ0n) is 10.3. The second-order valence-corrected chi connectivity index (χ2v) is 5.69. The van der Waals surface area contributed by atoms with Crippen LogP contribution in [0.25, 0.3) is 5.69 Å². The molecule has 0 bridgehead atoms. The predicted octanol–water partition coefficient (Wildman–Crippen LogP) is 2.70. The van der Waals surface area contributed by atoms with Gasteiger partial charge >= 0.3 is 0 Å². The molecule has 4 rings (SSSR count). The highest BCUT2D eigenvalue weighted by molar-refractivity contribution is 5.39. The van der Waals surface area contributed by atoms with Crippen molar-refractivity contribution in [1.82, 2.24) is 9.55 Å². The minimum atomic E-state index is -0.140. The van der Waals surface area contributed by atoms with Crippen molar-refractivity contribution in [2.75, 3.05) is 0 Å². The molecule has 1 aromatic carbocycles. The summed E-state index contributed by atoms with van der Waals surface area (Å²) in [5.74, 6) is 0.789. The average Bonchev–Trinajstić information content (AvgIpc) is 3.31. The Balaban J connectivity index is 1.69. The molecule has 0 unspecified atom stereocenters. The summed E-state index contributed by atoms with van der Waals surface area (Å²) in [4.78, 5) is 4.45. The molecule has 2 aliphatic carbocycles. The number of aromatic nitrogens is 2. The lowest BCUT2D eigenvalue weighted by molar-refractivity contribution is 0.713. The van der Waals surface area contributed by atoms with Crippen molar-refractivity contribution in [3.8, 4) is 5.69 Å². The van der Waals surface area contributed by atoms with Crippen LogP contribution in [0.5, 0.6) is 0 Å². The Bertz CT molecular complexity index is 591. The van der Waals surface area contributed by atoms with Crippen LogP contribution in [0, 0.1) is 0 Å². The molecule has 18 heavy (non-hydrogen) atoms. The first-order chi connectivity index (χ1) is 8.74. The Morgan fingerprint density at radius 2 is 2.11 bits per heavy atom. The van der Waals surface area contributed by atoms with Crippen LogP contribution in [0.3, 0.4) is 0 Å². The maximum Gasteiger partial charge on any atom is 0.0996 e. The summed E-state index contributed by atoms with van der Waals surface area (Å²) >= 11 is 0. The van der Waals surface area contributed by atoms with Crippen molar-refractivity contribution in [2.45, 2.75) is 37.1 Å². The van der Waals surface area contributed by atoms with E-state index in [9.17, 15) is 0 Å². The van der Waals surface area contributed by atoms with Gasteiger partial charge in [0.15, 0.2) is 0 Å². The van der Waals surface area contributed by atoms with Crippen LogP contribution in [-0.2, 0) is 5.54 Å². The molecule has 0 amide bonds. The van der Waals surface area contributed by atoms with Crippen LogP contribution in [0.2, 0.25) is 0 Å². The van der Waals surface area contributed by atoms with E-state index < -0.39 is 0 Å². The van der Waals surface area contributed by atoms with Gasteiger partial charge in [-0.05, 0) is 49.3 Å². The summed E-state index contributed by atoms with van der Waals surface area (Å²) in [5, 5.41) is 0. The van der Waals surface area contributed by atoms with Gasteiger partial charge in [-0.2, -0.15) is 0 Å². The van der Waals surface area contributed by atoms with Gasteiger partial charge < -0.3 is 10.3 Å². The Kier molecular flexibility index (Phi) is 1.98. The van der Waals surface area contributed by atoms with Gasteiger partial charge in [0.2, 0.25) is 0 Å². The lowest BCUT2D eigenvalue weighted by Gasteiger charge is -2.05. The zero-order chi connectivity index (χ0) is 12.2. The normalized spacial score (nSPS) is 20.9. The first-order valence-electron chi connectivity index (χ1n) is 6.68. The molecule has 0 spiro atoms. The van der Waals surface area contributed by atoms with E-state index in [1.54, 1.807) is 0 Å². The predicted molar refractivity (Wildman–Crippen MR) is 70.6 cm³/mol. The van der Waals surface area contributed by atoms with Crippen LogP contribution in [-0.4, -0.2) is 9.55 Å². The highest BCUT2D eigenvalue weighted by atomic mass is 15.1. The van der Waals surface area contributed by atoms with Crippen LogP contribution < -0.4 is 5.73 Å². The first-order valence-corrected chi connectivity index (χ1v) is 6.68. The molecule has 3 nitrogen and oxygen atoms in total. The molecule has 3 heteroatoms. The lowest BCUT2D eigenvalue weighted by Crippen LogP contribution is -2.18. The molecular weight excluding hydrogens is 222 g/mol. The van der Waals surface area contributed by atoms with Crippen molar-refractivity contribution in [2.24, 2.45) is 5.73 Å². The summed E-state index contributed by atoms with van der Waals surface area (Å²) in [5.41, 5.74) is 9.71. The largest absolute Gasteiger partial charge is 0.320 e. The molecule has 0 aliphatic heterocycles. The van der Waals surface area contributed by atoms with E-state index in [1.807, 2.05) is 6.33 Å². The fourth-order valence-electron chi connectivity index (χ4n) is 2.47. The van der Waals surface area contributed by atoms with Gasteiger partial charge in [0, 0.05) is 11.9 Å². The number of imidazole rings is 1. The average molecular weight is 239 g/mol. The van der Waals surface area contributed by atoms with Crippen LogP contribution in [0.1, 0.15) is 42.9 Å². The van der Waals surface area contributed by atoms with Crippen LogP contribution >= 0.6 is 0 Å². The molecule has 92 valence electrons. The minimum absolute atomic E-state index is 0.140. The van der Waals surface area contributed by atoms with Crippen molar-refractivity contribution in [1.29, 1.82) is 0 Å². The second-order valence-electron chi connectivity index (χ2n) is 5.69. The smallest absolute Gasteiger partial charge is 0.0996 e. The Labute approximate surface area is 107 Å². The monoisotopic (exact) mass is 239 g/mol. The lowest BCUT2D eigenvalue weighted by atomic mass is 10.1. The van der Waals surface area contributed by atoms with Gasteiger partial charge in [0.1, 0.15) is 0 Å². The van der Waals surface area contributed by atoms with Crippen molar-refractivity contribution < 1.29 is 0 Å². The van der Waals surface area contributed by atoms with Gasteiger partial charge in [-0.1, -0.05) is 12.1 Å². The standard InChI is InChI=1S/C15H17N3/c16-15(6-7-15)14-9-18(10-17-14)13-3-1-2-12(8-13)11-4-5-11/h1-3,8-11H,4-7,16H2. The summed E-state index contributed by atoms with van der Waals surface area (Å²) < 4.78 is 2.09. The molecule has 0 saturated heterocycles. The molecule has 0 radical (unpaired) electrons. The zero-order valence-corrected chi connectivity index (χ0v) is 10.3. The number of nitrogens with zero attached hydrogens (tertiary/aromatic N) is 2. The summed E-state index contributed by atoms with van der Waals surface area (Å²) in [6.45, 7) is 0. The third kappa shape index (κ3) is 1.66. The maximum absolute atomic E-state index is 6.17. The Morgan fingerprint density at radius 1 is 1.28 bits per heavy atom. The number of rotatable bonds is 3. The minimum Gasteiger partial charge on any atom is -0.320 e. The SMILES string of the molecule is NC1(c2cn(-c3cccc(C4CC4)c3)cn2)CC1. The van der Waals surface area contributed by atoms with Crippen molar-refractivity contribution in [3.05, 3.63) is 48.0 Å². The van der Waals surface area contributed by atoms with Gasteiger partial charge in [-0.3, -0.25) is 0 Å².